The lowest BCUT2D eigenvalue weighted by Crippen LogP contribution is -2.22. The normalized spacial score (nSPS) is 12.5. The molecular formula is C20H22F5N3O2Si. The maximum atomic E-state index is 14.1. The van der Waals surface area contributed by atoms with E-state index >= 15 is 0 Å². The Kier molecular flexibility index (Phi) is 6.28. The summed E-state index contributed by atoms with van der Waals surface area (Å²) >= 11 is 0. The van der Waals surface area contributed by atoms with Crippen LogP contribution in [0, 0.1) is 11.6 Å². The van der Waals surface area contributed by atoms with Crippen molar-refractivity contribution >= 4 is 24.8 Å². The first kappa shape index (κ1) is 23.0. The summed E-state index contributed by atoms with van der Waals surface area (Å²) in [6, 6.07) is 3.38. The van der Waals surface area contributed by atoms with Crippen molar-refractivity contribution in [3.63, 3.8) is 0 Å². The van der Waals surface area contributed by atoms with Gasteiger partial charge in [0.25, 0.3) is 0 Å². The van der Waals surface area contributed by atoms with E-state index in [1.54, 1.807) is 0 Å². The monoisotopic (exact) mass is 459 g/mol. The number of alkyl halides is 3. The molecule has 0 spiro atoms. The van der Waals surface area contributed by atoms with E-state index in [1.807, 2.05) is 0 Å². The number of ether oxygens (including phenoxy) is 2. The highest BCUT2D eigenvalue weighted by molar-refractivity contribution is 6.76. The molecule has 0 aliphatic heterocycles. The zero-order valence-corrected chi connectivity index (χ0v) is 18.2. The summed E-state index contributed by atoms with van der Waals surface area (Å²) in [5, 5.41) is -0.375. The van der Waals surface area contributed by atoms with Gasteiger partial charge in [-0.1, -0.05) is 19.6 Å². The second-order valence-electron chi connectivity index (χ2n) is 8.27. The van der Waals surface area contributed by atoms with Crippen molar-refractivity contribution in [1.29, 1.82) is 0 Å². The second kappa shape index (κ2) is 8.46. The van der Waals surface area contributed by atoms with Crippen LogP contribution in [0.5, 0.6) is 11.5 Å². The van der Waals surface area contributed by atoms with Crippen molar-refractivity contribution in [3.8, 4) is 11.5 Å². The lowest BCUT2D eigenvalue weighted by Gasteiger charge is -2.15. The maximum Gasteiger partial charge on any atom is 0.418 e. The molecule has 3 rings (SSSR count). The van der Waals surface area contributed by atoms with Crippen LogP contribution in [0.4, 0.5) is 27.6 Å². The van der Waals surface area contributed by atoms with Crippen molar-refractivity contribution < 1.29 is 31.4 Å². The number of nitrogens with two attached hydrogens (primary N) is 1. The number of nitrogens with zero attached hydrogens (tertiary/aromatic N) is 2. The predicted molar refractivity (Wildman–Crippen MR) is 110 cm³/mol. The first-order valence-corrected chi connectivity index (χ1v) is 13.1. The van der Waals surface area contributed by atoms with Crippen LogP contribution in [0.3, 0.4) is 0 Å². The Bertz CT molecular complexity index is 1090. The zero-order chi connectivity index (χ0) is 23.0. The molecule has 0 amide bonds. The SMILES string of the molecule is C[Si](C)(C)CCOCn1cc(C(F)(F)F)c2c(Oc3cc(F)c(N)cc3F)ccnc21. The molecule has 0 saturated heterocycles. The molecular weight excluding hydrogens is 437 g/mol. The molecule has 5 nitrogen and oxygen atoms in total. The first-order valence-electron chi connectivity index (χ1n) is 9.42. The number of rotatable bonds is 7. The minimum atomic E-state index is -4.73. The summed E-state index contributed by atoms with van der Waals surface area (Å²) in [5.41, 5.74) is 3.79. The third kappa shape index (κ3) is 5.34. The molecule has 2 N–H and O–H groups in total. The van der Waals surface area contributed by atoms with Crippen LogP contribution in [-0.2, 0) is 17.6 Å². The summed E-state index contributed by atoms with van der Waals surface area (Å²) in [6.45, 7) is 6.75. The van der Waals surface area contributed by atoms with Crippen molar-refractivity contribution in [1.82, 2.24) is 9.55 Å². The number of aromatic nitrogens is 2. The van der Waals surface area contributed by atoms with Gasteiger partial charge in [0.15, 0.2) is 11.6 Å². The van der Waals surface area contributed by atoms with Gasteiger partial charge in [0.2, 0.25) is 0 Å². The summed E-state index contributed by atoms with van der Waals surface area (Å²) in [6.07, 6.45) is -2.63. The smallest absolute Gasteiger partial charge is 0.418 e. The quantitative estimate of drug-likeness (QED) is 0.203. The third-order valence-corrected chi connectivity index (χ3v) is 6.23. The fourth-order valence-electron chi connectivity index (χ4n) is 2.87. The Hall–Kier alpha value is -2.66. The maximum absolute atomic E-state index is 14.1. The number of anilines is 1. The van der Waals surface area contributed by atoms with Crippen molar-refractivity contribution in [2.45, 2.75) is 38.6 Å². The van der Waals surface area contributed by atoms with Gasteiger partial charge in [-0.2, -0.15) is 13.2 Å². The largest absolute Gasteiger partial charge is 0.453 e. The van der Waals surface area contributed by atoms with E-state index in [4.69, 9.17) is 15.2 Å². The lowest BCUT2D eigenvalue weighted by atomic mass is 10.2. The van der Waals surface area contributed by atoms with Crippen LogP contribution in [0.15, 0.2) is 30.6 Å². The fraction of sp³-hybridized carbons (Fsp3) is 0.350. The molecule has 0 bridgehead atoms. The standard InChI is InChI=1S/C20H22F5N3O2Si/c1-31(2,3)7-6-29-11-28-10-12(20(23,24)25)18-16(4-5-27-19(18)28)30-17-9-13(21)15(26)8-14(17)22/h4-5,8-10H,6-7,11,26H2,1-3H3. The minimum absolute atomic E-state index is 0.0471. The molecule has 2 heterocycles. The van der Waals surface area contributed by atoms with Crippen LogP contribution >= 0.6 is 0 Å². The average molecular weight is 459 g/mol. The van der Waals surface area contributed by atoms with Crippen molar-refractivity contribution in [2.75, 3.05) is 12.3 Å². The fourth-order valence-corrected chi connectivity index (χ4v) is 3.62. The molecule has 0 unspecified atom stereocenters. The van der Waals surface area contributed by atoms with Gasteiger partial charge in [0.1, 0.15) is 23.9 Å². The van der Waals surface area contributed by atoms with Crippen LogP contribution in [-0.4, -0.2) is 24.2 Å². The topological polar surface area (TPSA) is 62.3 Å². The second-order valence-corrected chi connectivity index (χ2v) is 13.9. The van der Waals surface area contributed by atoms with Gasteiger partial charge in [-0.05, 0) is 12.1 Å². The van der Waals surface area contributed by atoms with E-state index in [-0.39, 0.29) is 23.5 Å². The summed E-state index contributed by atoms with van der Waals surface area (Å²) in [4.78, 5) is 4.02. The van der Waals surface area contributed by atoms with E-state index in [0.717, 1.165) is 18.3 Å². The summed E-state index contributed by atoms with van der Waals surface area (Å²) in [7, 11) is -1.37. The summed E-state index contributed by atoms with van der Waals surface area (Å²) < 4.78 is 81.1. The van der Waals surface area contributed by atoms with Gasteiger partial charge in [0.05, 0.1) is 16.6 Å². The Morgan fingerprint density at radius 2 is 1.81 bits per heavy atom. The average Bonchev–Trinajstić information content (AvgIpc) is 3.03. The molecule has 0 aliphatic carbocycles. The lowest BCUT2D eigenvalue weighted by molar-refractivity contribution is -0.136. The van der Waals surface area contributed by atoms with Crippen molar-refractivity contribution in [2.24, 2.45) is 0 Å². The molecule has 3 aromatic rings. The van der Waals surface area contributed by atoms with Gasteiger partial charge < -0.3 is 19.8 Å². The Balaban J connectivity index is 2.00. The number of nitrogen functional groups attached to an aromatic ring is 1. The predicted octanol–water partition coefficient (Wildman–Crippen LogP) is 6.02. The van der Waals surface area contributed by atoms with E-state index in [9.17, 15) is 22.0 Å². The van der Waals surface area contributed by atoms with Crippen LogP contribution in [0.25, 0.3) is 11.0 Å². The van der Waals surface area contributed by atoms with E-state index in [2.05, 4.69) is 24.6 Å². The molecule has 0 radical (unpaired) electrons. The van der Waals surface area contributed by atoms with Crippen molar-refractivity contribution in [3.05, 3.63) is 47.8 Å². The molecule has 0 aliphatic rings. The minimum Gasteiger partial charge on any atom is -0.453 e. The molecule has 0 saturated carbocycles. The highest BCUT2D eigenvalue weighted by Gasteiger charge is 2.36. The van der Waals surface area contributed by atoms with Gasteiger partial charge >= 0.3 is 6.18 Å². The molecule has 0 atom stereocenters. The molecule has 31 heavy (non-hydrogen) atoms. The Morgan fingerprint density at radius 3 is 2.45 bits per heavy atom. The first-order chi connectivity index (χ1) is 14.4. The molecule has 0 fully saturated rings. The zero-order valence-electron chi connectivity index (χ0n) is 17.2. The third-order valence-electron chi connectivity index (χ3n) is 4.52. The Morgan fingerprint density at radius 1 is 1.10 bits per heavy atom. The van der Waals surface area contributed by atoms with E-state index < -0.39 is 42.9 Å². The van der Waals surface area contributed by atoms with E-state index in [1.165, 1.54) is 10.8 Å². The van der Waals surface area contributed by atoms with Crippen LogP contribution < -0.4 is 10.5 Å². The highest BCUT2D eigenvalue weighted by atomic mass is 28.3. The number of benzene rings is 1. The van der Waals surface area contributed by atoms with Gasteiger partial charge in [-0.25, -0.2) is 13.8 Å². The van der Waals surface area contributed by atoms with Gasteiger partial charge in [-0.3, -0.25) is 0 Å². The van der Waals surface area contributed by atoms with Crippen LogP contribution in [0.1, 0.15) is 5.56 Å². The number of halogens is 5. The Labute approximate surface area is 176 Å². The number of fused-ring (bicyclic) bond motifs is 1. The number of hydrogen-bond acceptors (Lipinski definition) is 4. The van der Waals surface area contributed by atoms with Gasteiger partial charge in [-0.15, -0.1) is 0 Å². The summed E-state index contributed by atoms with van der Waals surface area (Å²) in [5.74, 6) is -2.87. The van der Waals surface area contributed by atoms with Crippen LogP contribution in [0.2, 0.25) is 25.7 Å². The molecule has 2 aromatic heterocycles. The molecule has 1 aromatic carbocycles. The molecule has 11 heteroatoms. The van der Waals surface area contributed by atoms with E-state index in [0.29, 0.717) is 18.7 Å². The van der Waals surface area contributed by atoms with Gasteiger partial charge in [0, 0.05) is 39.2 Å². The number of pyridine rings is 1. The number of hydrogen-bond donors (Lipinski definition) is 1. The molecule has 168 valence electrons. The highest BCUT2D eigenvalue weighted by Crippen LogP contribution is 2.41.